The first-order valence-corrected chi connectivity index (χ1v) is 39.0. The van der Waals surface area contributed by atoms with Gasteiger partial charge in [-0.1, -0.05) is 243 Å². The molecule has 0 spiro atoms. The molecular formula is C86H104B2N16O15. The average molecular weight is 1620 g/mol. The number of benzene rings is 8. The lowest BCUT2D eigenvalue weighted by Gasteiger charge is -2.21. The van der Waals surface area contributed by atoms with Crippen LogP contribution in [0.25, 0.3) is 0 Å². The molecule has 119 heavy (non-hydrogen) atoms. The fourth-order valence-electron chi connectivity index (χ4n) is 12.2. The van der Waals surface area contributed by atoms with Crippen LogP contribution in [0, 0.1) is 0 Å². The molecule has 624 valence electrons. The highest BCUT2D eigenvalue weighted by molar-refractivity contribution is 6.46. The van der Waals surface area contributed by atoms with Crippen LogP contribution in [0.5, 0.6) is 0 Å². The van der Waals surface area contributed by atoms with Crippen LogP contribution in [0.4, 0.5) is 0 Å². The van der Waals surface area contributed by atoms with Crippen LogP contribution >= 0.6 is 0 Å². The van der Waals surface area contributed by atoms with Crippen molar-refractivity contribution in [2.24, 2.45) is 11.5 Å². The van der Waals surface area contributed by atoms with Crippen molar-refractivity contribution < 1.29 is 72.4 Å². The van der Waals surface area contributed by atoms with Gasteiger partial charge in [0.1, 0.15) is 24.2 Å². The van der Waals surface area contributed by atoms with Gasteiger partial charge in [-0.2, -0.15) is 0 Å². The Morgan fingerprint density at radius 1 is 0.261 bits per heavy atom. The highest BCUT2D eigenvalue weighted by Crippen LogP contribution is 2.12. The van der Waals surface area contributed by atoms with Gasteiger partial charge in [0, 0.05) is 51.9 Å². The maximum atomic E-state index is 13.5. The Morgan fingerprint density at radius 3 is 0.706 bits per heavy atom. The van der Waals surface area contributed by atoms with Gasteiger partial charge < -0.3 is 90.5 Å². The number of imide groups is 1. The molecule has 0 saturated carbocycles. The summed E-state index contributed by atoms with van der Waals surface area (Å²) in [6.45, 7) is 1.50. The van der Waals surface area contributed by atoms with Crippen molar-refractivity contribution in [3.8, 4) is 0 Å². The maximum absolute atomic E-state index is 13.5. The van der Waals surface area contributed by atoms with Gasteiger partial charge in [-0.05, 0) is 83.8 Å². The van der Waals surface area contributed by atoms with Crippen molar-refractivity contribution in [1.29, 1.82) is 0 Å². The number of amides is 13. The molecule has 8 aromatic carbocycles. The van der Waals surface area contributed by atoms with Gasteiger partial charge in [0.15, 0.2) is 0 Å². The number of nitrogens with one attached hydrogen (secondary N) is 14. The Kier molecular flexibility index (Phi) is 40.0. The molecule has 0 aliphatic rings. The van der Waals surface area contributed by atoms with Crippen molar-refractivity contribution >= 4 is 90.9 Å². The number of rotatable bonds is 44. The molecule has 33 heteroatoms. The first-order chi connectivity index (χ1) is 57.3. The zero-order valence-electron chi connectivity index (χ0n) is 66.3. The molecule has 13 amide bonds. The molecular weight excluding hydrogens is 1520 g/mol. The highest BCUT2D eigenvalue weighted by atomic mass is 16.2. The average Bonchev–Trinajstić information content (AvgIpc) is 0.868. The summed E-state index contributed by atoms with van der Waals surface area (Å²) in [4.78, 5) is 170. The van der Waals surface area contributed by atoms with E-state index in [1.54, 1.807) is 84.9 Å². The van der Waals surface area contributed by atoms with E-state index in [4.69, 9.17) is 11.5 Å². The molecule has 0 saturated heterocycles. The molecule has 31 nitrogen and oxygen atoms in total. The number of carbonyl (C=O) groups excluding carboxylic acids is 13. The molecule has 2 unspecified atom stereocenters. The zero-order valence-corrected chi connectivity index (χ0v) is 66.3. The minimum absolute atomic E-state index is 0.0121. The lowest BCUT2D eigenvalue weighted by atomic mass is 9.86. The van der Waals surface area contributed by atoms with Crippen LogP contribution in [0.2, 0.25) is 13.6 Å². The topological polar surface area (TPSA) is 483 Å². The third kappa shape index (κ3) is 35.9. The van der Waals surface area contributed by atoms with E-state index in [0.717, 1.165) is 38.9 Å². The third-order valence-corrected chi connectivity index (χ3v) is 18.2. The van der Waals surface area contributed by atoms with Crippen LogP contribution in [0.15, 0.2) is 243 Å². The SMILES string of the molecule is CB(O)NC(Cc1ccccc1)C(=O)NC(=O)C(=O)N[C@H](Cc1ccccc1)C(=O)NCCNC(=O)[C@@H](Cc1ccccc1)NC(=O)CNC(=O)[C@H](Cc1ccccc1)NB(C)O.NC(Cc1ccccc1)C(=O)NCC(=O)N[C@H](Cc1ccccc1)C(=O)NCCNC(=O)[C@@H](Cc1ccccc1)NC(=O)CNC(=O)[C@@H](N)Cc1ccccc1. The molecule has 0 aliphatic heterocycles. The normalized spacial score (nSPS) is 12.7. The largest absolute Gasteiger partial charge is 0.437 e. The number of carbonyl (C=O) groups is 13. The van der Waals surface area contributed by atoms with E-state index in [2.05, 4.69) is 68.9 Å². The van der Waals surface area contributed by atoms with Crippen LogP contribution in [0.3, 0.4) is 0 Å². The summed E-state index contributed by atoms with van der Waals surface area (Å²) in [5, 5.41) is 56.2. The van der Waals surface area contributed by atoms with Crippen molar-refractivity contribution in [2.45, 2.75) is 113 Å². The Hall–Kier alpha value is -13.0. The van der Waals surface area contributed by atoms with Gasteiger partial charge in [-0.25, -0.2) is 0 Å². The molecule has 8 aromatic rings. The summed E-state index contributed by atoms with van der Waals surface area (Å²) in [5.74, 6) is -8.99. The summed E-state index contributed by atoms with van der Waals surface area (Å²) in [6, 6.07) is 64.5. The second kappa shape index (κ2) is 51.1. The lowest BCUT2D eigenvalue weighted by Crippen LogP contribution is -2.56. The van der Waals surface area contributed by atoms with Gasteiger partial charge >= 0.3 is 25.9 Å². The maximum Gasteiger partial charge on any atom is 0.374 e. The fourth-order valence-corrected chi connectivity index (χ4v) is 12.2. The molecule has 0 aliphatic carbocycles. The van der Waals surface area contributed by atoms with Crippen molar-refractivity contribution in [3.05, 3.63) is 287 Å². The molecule has 0 fully saturated rings. The summed E-state index contributed by atoms with van der Waals surface area (Å²) in [6.07, 6.45) is 1.39. The van der Waals surface area contributed by atoms with E-state index in [-0.39, 0.29) is 77.8 Å². The fraction of sp³-hybridized carbons (Fsp3) is 0.291. The molecule has 8 rings (SSSR count). The van der Waals surface area contributed by atoms with Crippen LogP contribution < -0.4 is 85.7 Å². The first kappa shape index (κ1) is 93.1. The van der Waals surface area contributed by atoms with E-state index in [9.17, 15) is 72.4 Å². The summed E-state index contributed by atoms with van der Waals surface area (Å²) >= 11 is 0. The summed E-state index contributed by atoms with van der Waals surface area (Å²) in [5.41, 5.74) is 18.4. The van der Waals surface area contributed by atoms with Crippen LogP contribution in [-0.2, 0) is 114 Å². The molecule has 8 atom stereocenters. The predicted molar refractivity (Wildman–Crippen MR) is 451 cm³/mol. The number of hydrogen-bond donors (Lipinski definition) is 18. The first-order valence-electron chi connectivity index (χ1n) is 39.0. The van der Waals surface area contributed by atoms with Crippen molar-refractivity contribution in [1.82, 2.24) is 74.3 Å². The Balaban J connectivity index is 0.000000330. The molecule has 0 bridgehead atoms. The highest BCUT2D eigenvalue weighted by Gasteiger charge is 2.32. The van der Waals surface area contributed by atoms with Crippen molar-refractivity contribution in [3.63, 3.8) is 0 Å². The summed E-state index contributed by atoms with van der Waals surface area (Å²) in [7, 11) is -2.10. The van der Waals surface area contributed by atoms with E-state index < -0.39 is 146 Å². The van der Waals surface area contributed by atoms with Gasteiger partial charge in [-0.3, -0.25) is 67.6 Å². The zero-order chi connectivity index (χ0) is 85.7. The van der Waals surface area contributed by atoms with Gasteiger partial charge in [0.2, 0.25) is 65.0 Å². The third-order valence-electron chi connectivity index (χ3n) is 18.2. The van der Waals surface area contributed by atoms with E-state index in [1.165, 1.54) is 13.6 Å². The second-order valence-electron chi connectivity index (χ2n) is 28.0. The minimum Gasteiger partial charge on any atom is -0.437 e. The van der Waals surface area contributed by atoms with Crippen LogP contribution in [0.1, 0.15) is 44.5 Å². The molecule has 0 heterocycles. The quantitative estimate of drug-likeness (QED) is 0.0125. The molecule has 0 radical (unpaired) electrons. The smallest absolute Gasteiger partial charge is 0.374 e. The van der Waals surface area contributed by atoms with E-state index >= 15 is 0 Å². The standard InChI is InChI=1S/C44H54B2N8O9.C42H50N8O6/c1-45(62)53-36(27-32-19-11-5-12-20-32)41(58)49-29-38(55)50-34(25-30-15-7-3-8-16-30)39(56)47-23-24-48-40(57)35(26-31-17-9-4-10-18-31)51-43(60)44(61)52-42(59)37(54-46(2)63)28-33-21-13-6-14-22-33;43-33(23-29-13-5-1-6-14-29)39(53)47-27-37(51)49-35(25-31-17-9-3-10-18-31)41(55)45-21-22-46-42(56)36(26-32-19-11-4-12-20-32)50-38(52)28-48-40(54)34(44)24-30-15-7-2-8-16-30/h3-22,34-37,53-54,62-63H,23-29H2,1-2H3,(H,47,56)(H,48,57)(H,49,58)(H,50,55)(H,51,60)(H,52,59,61);1-20,33-36H,21-28,43-44H2,(H,45,55)(H,46,56)(H,47,53)(H,48,54)(H,49,51)(H,50,52)/t34-,35-,36+,37?;33-,34?,35+,36+/m10/s1. The van der Waals surface area contributed by atoms with Gasteiger partial charge in [-0.15, -0.1) is 0 Å². The monoisotopic (exact) mass is 1620 g/mol. The number of hydrogen-bond acceptors (Lipinski definition) is 19. The van der Waals surface area contributed by atoms with E-state index in [0.29, 0.717) is 18.4 Å². The Morgan fingerprint density at radius 2 is 0.462 bits per heavy atom. The molecule has 0 aromatic heterocycles. The summed E-state index contributed by atoms with van der Waals surface area (Å²) < 4.78 is 0. The van der Waals surface area contributed by atoms with Gasteiger partial charge in [0.25, 0.3) is 0 Å². The van der Waals surface area contributed by atoms with Crippen molar-refractivity contribution in [2.75, 3.05) is 45.8 Å². The second-order valence-corrected chi connectivity index (χ2v) is 28.0. The van der Waals surface area contributed by atoms with Gasteiger partial charge in [0.05, 0.1) is 43.8 Å². The number of nitrogens with two attached hydrogens (primary N) is 2. The Bertz CT molecular complexity index is 4410. The van der Waals surface area contributed by atoms with E-state index in [1.807, 2.05) is 163 Å². The molecule has 20 N–H and O–H groups in total. The Labute approximate surface area is 692 Å². The predicted octanol–water partition coefficient (Wildman–Crippen LogP) is -0.899. The van der Waals surface area contributed by atoms with Crippen LogP contribution in [-0.4, -0.2) is 195 Å². The minimum atomic E-state index is -1.31. The lowest BCUT2D eigenvalue weighted by molar-refractivity contribution is -0.143.